The van der Waals surface area contributed by atoms with Crippen molar-refractivity contribution in [3.8, 4) is 0 Å². The number of benzene rings is 1. The highest BCUT2D eigenvalue weighted by atomic mass is 35.5. The van der Waals surface area contributed by atoms with Gasteiger partial charge in [-0.15, -0.1) is 0 Å². The monoisotopic (exact) mass is 399 g/mol. The number of amides is 1. The summed E-state index contributed by atoms with van der Waals surface area (Å²) in [5.41, 5.74) is 1.10. The molecule has 2 aliphatic heterocycles. The van der Waals surface area contributed by atoms with Gasteiger partial charge in [0.1, 0.15) is 0 Å². The summed E-state index contributed by atoms with van der Waals surface area (Å²) in [7, 11) is -1.26. The highest BCUT2D eigenvalue weighted by molar-refractivity contribution is 7.91. The molecule has 0 saturated carbocycles. The number of piperazine rings is 1. The second kappa shape index (κ2) is 7.74. The Morgan fingerprint density at radius 3 is 2.54 bits per heavy atom. The first kappa shape index (κ1) is 19.5. The molecular formula is C18H26ClN3O3S. The summed E-state index contributed by atoms with van der Waals surface area (Å²) in [6.07, 6.45) is 0.542. The minimum atomic E-state index is -2.99. The molecular weight excluding hydrogens is 374 g/mol. The maximum atomic E-state index is 12.8. The smallest absolute Gasteiger partial charge is 0.239 e. The summed E-state index contributed by atoms with van der Waals surface area (Å²) in [5.74, 6) is 0.273. The van der Waals surface area contributed by atoms with E-state index >= 15 is 0 Å². The third kappa shape index (κ3) is 4.32. The van der Waals surface area contributed by atoms with Crippen LogP contribution in [-0.2, 0) is 14.6 Å². The first-order chi connectivity index (χ1) is 12.3. The molecule has 144 valence electrons. The zero-order valence-corrected chi connectivity index (χ0v) is 16.8. The molecule has 2 atom stereocenters. The number of hydrogen-bond acceptors (Lipinski definition) is 5. The van der Waals surface area contributed by atoms with E-state index in [9.17, 15) is 13.2 Å². The van der Waals surface area contributed by atoms with Crippen LogP contribution in [-0.4, -0.2) is 80.9 Å². The Bertz CT molecular complexity index is 763. The molecule has 6 nitrogen and oxygen atoms in total. The standard InChI is InChI=1S/C18H26ClN3O3S/c1-14(18(23)20(2)17-6-11-26(24,25)13-17)21-7-9-22(10-8-21)16-5-3-4-15(19)12-16/h3-5,12,14,17H,6-11,13H2,1-2H3/t14-,17+/m1/s1. The van der Waals surface area contributed by atoms with Crippen LogP contribution >= 0.6 is 11.6 Å². The van der Waals surface area contributed by atoms with Crippen LogP contribution in [0.25, 0.3) is 0 Å². The van der Waals surface area contributed by atoms with E-state index in [0.717, 1.165) is 36.9 Å². The topological polar surface area (TPSA) is 60.9 Å². The summed E-state index contributed by atoms with van der Waals surface area (Å²) in [6.45, 7) is 5.16. The molecule has 26 heavy (non-hydrogen) atoms. The number of hydrogen-bond donors (Lipinski definition) is 0. The van der Waals surface area contributed by atoms with Gasteiger partial charge < -0.3 is 9.80 Å². The van der Waals surface area contributed by atoms with Gasteiger partial charge in [-0.1, -0.05) is 17.7 Å². The molecule has 0 N–H and O–H groups in total. The Hall–Kier alpha value is -1.31. The normalized spacial score (nSPS) is 24.4. The maximum Gasteiger partial charge on any atom is 0.239 e. The van der Waals surface area contributed by atoms with Crippen LogP contribution in [0, 0.1) is 0 Å². The van der Waals surface area contributed by atoms with Crippen molar-refractivity contribution in [2.75, 3.05) is 49.6 Å². The fourth-order valence-corrected chi connectivity index (χ4v) is 5.71. The number of carbonyl (C=O) groups is 1. The number of halogens is 1. The van der Waals surface area contributed by atoms with E-state index in [-0.39, 0.29) is 29.5 Å². The number of rotatable bonds is 4. The third-order valence-electron chi connectivity index (χ3n) is 5.50. The van der Waals surface area contributed by atoms with Crippen molar-refractivity contribution in [3.05, 3.63) is 29.3 Å². The summed E-state index contributed by atoms with van der Waals surface area (Å²) < 4.78 is 23.3. The molecule has 1 amide bonds. The van der Waals surface area contributed by atoms with Crippen LogP contribution in [0.5, 0.6) is 0 Å². The molecule has 0 unspecified atom stereocenters. The molecule has 2 fully saturated rings. The van der Waals surface area contributed by atoms with Crippen LogP contribution in [0.1, 0.15) is 13.3 Å². The van der Waals surface area contributed by atoms with E-state index < -0.39 is 9.84 Å². The van der Waals surface area contributed by atoms with Gasteiger partial charge in [0.05, 0.1) is 17.5 Å². The van der Waals surface area contributed by atoms with Gasteiger partial charge in [-0.3, -0.25) is 9.69 Å². The number of sulfone groups is 1. The Kier molecular flexibility index (Phi) is 5.79. The molecule has 2 saturated heterocycles. The van der Waals surface area contributed by atoms with Crippen molar-refractivity contribution in [1.82, 2.24) is 9.80 Å². The average Bonchev–Trinajstić information content (AvgIpc) is 3.00. The number of carbonyl (C=O) groups excluding carboxylic acids is 1. The molecule has 0 bridgehead atoms. The highest BCUT2D eigenvalue weighted by Gasteiger charge is 2.35. The molecule has 0 aliphatic carbocycles. The Morgan fingerprint density at radius 1 is 1.27 bits per heavy atom. The Labute approximate surface area is 160 Å². The van der Waals surface area contributed by atoms with E-state index in [0.29, 0.717) is 6.42 Å². The molecule has 0 aromatic heterocycles. The van der Waals surface area contributed by atoms with Crippen molar-refractivity contribution in [3.63, 3.8) is 0 Å². The summed E-state index contributed by atoms with van der Waals surface area (Å²) in [4.78, 5) is 18.9. The number of likely N-dealkylation sites (N-methyl/N-ethyl adjacent to an activating group) is 1. The SMILES string of the molecule is C[C@H](C(=O)N(C)[C@H]1CCS(=O)(=O)C1)N1CCN(c2cccc(Cl)c2)CC1. The van der Waals surface area contributed by atoms with Gasteiger partial charge in [0.25, 0.3) is 0 Å². The van der Waals surface area contributed by atoms with Crippen molar-refractivity contribution in [1.29, 1.82) is 0 Å². The second-order valence-corrected chi connectivity index (χ2v) is 9.85. The van der Waals surface area contributed by atoms with Gasteiger partial charge in [0.15, 0.2) is 9.84 Å². The minimum absolute atomic E-state index is 0.00306. The fraction of sp³-hybridized carbons (Fsp3) is 0.611. The van der Waals surface area contributed by atoms with Gasteiger partial charge in [-0.25, -0.2) is 8.42 Å². The number of nitrogens with zero attached hydrogens (tertiary/aromatic N) is 3. The van der Waals surface area contributed by atoms with Crippen molar-refractivity contribution in [2.24, 2.45) is 0 Å². The predicted molar refractivity (Wildman–Crippen MR) is 105 cm³/mol. The fourth-order valence-electron chi connectivity index (χ4n) is 3.75. The largest absolute Gasteiger partial charge is 0.369 e. The zero-order valence-electron chi connectivity index (χ0n) is 15.3. The quantitative estimate of drug-likeness (QED) is 0.767. The van der Waals surface area contributed by atoms with E-state index in [1.165, 1.54) is 0 Å². The van der Waals surface area contributed by atoms with Gasteiger partial charge in [0, 0.05) is 50.0 Å². The van der Waals surface area contributed by atoms with Crippen molar-refractivity contribution >= 4 is 33.0 Å². The second-order valence-electron chi connectivity index (χ2n) is 7.18. The highest BCUT2D eigenvalue weighted by Crippen LogP contribution is 2.22. The van der Waals surface area contributed by atoms with Crippen LogP contribution in [0.3, 0.4) is 0 Å². The molecule has 1 aromatic carbocycles. The number of anilines is 1. The lowest BCUT2D eigenvalue weighted by atomic mass is 10.1. The maximum absolute atomic E-state index is 12.8. The minimum Gasteiger partial charge on any atom is -0.369 e. The van der Waals surface area contributed by atoms with E-state index in [1.54, 1.807) is 11.9 Å². The van der Waals surface area contributed by atoms with Crippen molar-refractivity contribution in [2.45, 2.75) is 25.4 Å². The first-order valence-corrected chi connectivity index (χ1v) is 11.2. The lowest BCUT2D eigenvalue weighted by Crippen LogP contribution is -2.55. The lowest BCUT2D eigenvalue weighted by molar-refractivity contribution is -0.136. The van der Waals surface area contributed by atoms with Crippen LogP contribution in [0.4, 0.5) is 5.69 Å². The van der Waals surface area contributed by atoms with Crippen molar-refractivity contribution < 1.29 is 13.2 Å². The Morgan fingerprint density at radius 2 is 1.96 bits per heavy atom. The Balaban J connectivity index is 1.56. The predicted octanol–water partition coefficient (Wildman–Crippen LogP) is 1.50. The van der Waals surface area contributed by atoms with E-state index in [4.69, 9.17) is 11.6 Å². The molecule has 1 aromatic rings. The third-order valence-corrected chi connectivity index (χ3v) is 7.48. The van der Waals surface area contributed by atoms with Gasteiger partial charge in [-0.2, -0.15) is 0 Å². The van der Waals surface area contributed by atoms with E-state index in [1.807, 2.05) is 31.2 Å². The van der Waals surface area contributed by atoms with Gasteiger partial charge >= 0.3 is 0 Å². The molecule has 2 heterocycles. The average molecular weight is 400 g/mol. The van der Waals surface area contributed by atoms with Crippen LogP contribution in [0.2, 0.25) is 5.02 Å². The van der Waals surface area contributed by atoms with Gasteiger partial charge in [-0.05, 0) is 31.5 Å². The molecule has 0 radical (unpaired) electrons. The lowest BCUT2D eigenvalue weighted by Gasteiger charge is -2.40. The van der Waals surface area contributed by atoms with Crippen LogP contribution < -0.4 is 4.90 Å². The van der Waals surface area contributed by atoms with E-state index in [2.05, 4.69) is 9.80 Å². The van der Waals surface area contributed by atoms with Crippen LogP contribution in [0.15, 0.2) is 24.3 Å². The molecule has 0 spiro atoms. The van der Waals surface area contributed by atoms with Gasteiger partial charge in [0.2, 0.25) is 5.91 Å². The first-order valence-electron chi connectivity index (χ1n) is 8.98. The molecule has 3 rings (SSSR count). The summed E-state index contributed by atoms with van der Waals surface area (Å²) in [6, 6.07) is 7.37. The zero-order chi connectivity index (χ0) is 18.9. The molecule has 8 heteroatoms. The summed E-state index contributed by atoms with van der Waals surface area (Å²) in [5, 5.41) is 0.724. The summed E-state index contributed by atoms with van der Waals surface area (Å²) >= 11 is 6.07. The molecule has 2 aliphatic rings.